The van der Waals surface area contributed by atoms with E-state index in [1.165, 1.54) is 0 Å². The summed E-state index contributed by atoms with van der Waals surface area (Å²) in [4.78, 5) is 10.6. The number of hydrogen-bond acceptors (Lipinski definition) is 7. The number of carbonyl (C=O) groups is 1. The van der Waals surface area contributed by atoms with Crippen LogP contribution in [0.1, 0.15) is 0 Å². The van der Waals surface area contributed by atoms with E-state index in [0.717, 1.165) is 0 Å². The van der Waals surface area contributed by atoms with Gasteiger partial charge >= 0.3 is 0 Å². The van der Waals surface area contributed by atoms with Crippen LogP contribution in [0.3, 0.4) is 0 Å². The van der Waals surface area contributed by atoms with Crippen LogP contribution in [0.5, 0.6) is 0 Å². The largest absolute Gasteiger partial charge is 0.394 e. The second-order valence-corrected chi connectivity index (χ2v) is 4.75. The van der Waals surface area contributed by atoms with Crippen LogP contribution in [0.4, 0.5) is 4.79 Å². The number of carbonyl (C=O) groups excluding carboxylic acids is 1. The second-order valence-electron chi connectivity index (χ2n) is 3.77. The summed E-state index contributed by atoms with van der Waals surface area (Å²) >= 11 is 1.56. The van der Waals surface area contributed by atoms with E-state index in [-0.39, 0.29) is 17.1 Å². The Morgan fingerprint density at radius 2 is 1.94 bits per heavy atom. The Morgan fingerprint density at radius 1 is 1.28 bits per heavy atom. The summed E-state index contributed by atoms with van der Waals surface area (Å²) in [6.07, 6.45) is -6.43. The maximum Gasteiger partial charge on any atom is 0.280 e. The van der Waals surface area contributed by atoms with Crippen LogP contribution in [0.2, 0.25) is 0 Å². The smallest absolute Gasteiger partial charge is 0.280 e. The van der Waals surface area contributed by atoms with E-state index < -0.39 is 37.3 Å². The Balaban J connectivity index is 2.41. The molecule has 1 rings (SSSR count). The average molecular weight is 377 g/mol. The zero-order valence-electron chi connectivity index (χ0n) is 9.40. The summed E-state index contributed by atoms with van der Waals surface area (Å²) in [5, 5.41) is 40.0. The lowest BCUT2D eigenvalue weighted by molar-refractivity contribution is -0.300. The molecule has 5 unspecified atom stereocenters. The molecule has 5 N–H and O–H groups in total. The Kier molecular flexibility index (Phi) is 6.70. The SMILES string of the molecule is O=C(I)NCCOC1OC(CO)C(O)C(O)C1O. The topological polar surface area (TPSA) is 128 Å². The van der Waals surface area contributed by atoms with Gasteiger partial charge in [-0.3, -0.25) is 4.79 Å². The molecule has 0 aliphatic carbocycles. The van der Waals surface area contributed by atoms with Gasteiger partial charge < -0.3 is 35.2 Å². The number of aliphatic hydroxyl groups excluding tert-OH is 4. The number of nitrogens with one attached hydrogen (secondary N) is 1. The number of amides is 1. The molecule has 0 aromatic rings. The van der Waals surface area contributed by atoms with Crippen molar-refractivity contribution in [3.8, 4) is 0 Å². The molecule has 9 heteroatoms. The standard InChI is InChI=1S/C9H16INO7/c10-9(16)11-1-2-17-8-7(15)6(14)5(13)4(3-12)18-8/h4-8,12-15H,1-3H2,(H,11,16). The van der Waals surface area contributed by atoms with Gasteiger partial charge in [0.25, 0.3) is 3.91 Å². The quantitative estimate of drug-likeness (QED) is 0.161. The predicted molar refractivity (Wildman–Crippen MR) is 67.1 cm³/mol. The first-order valence-electron chi connectivity index (χ1n) is 5.32. The molecule has 1 saturated heterocycles. The summed E-state index contributed by atoms with van der Waals surface area (Å²) in [5.74, 6) is 0. The van der Waals surface area contributed by atoms with Crippen LogP contribution >= 0.6 is 22.6 Å². The monoisotopic (exact) mass is 377 g/mol. The lowest BCUT2D eigenvalue weighted by Gasteiger charge is -2.39. The van der Waals surface area contributed by atoms with Gasteiger partial charge in [0.15, 0.2) is 6.29 Å². The lowest BCUT2D eigenvalue weighted by atomic mass is 9.99. The summed E-state index contributed by atoms with van der Waals surface area (Å²) in [5.41, 5.74) is 0. The summed E-state index contributed by atoms with van der Waals surface area (Å²) in [6.45, 7) is -0.219. The van der Waals surface area contributed by atoms with Crippen molar-refractivity contribution in [1.82, 2.24) is 5.32 Å². The van der Waals surface area contributed by atoms with E-state index in [0.29, 0.717) is 0 Å². The van der Waals surface area contributed by atoms with Crippen LogP contribution in [0.15, 0.2) is 0 Å². The minimum atomic E-state index is -1.46. The molecule has 1 amide bonds. The van der Waals surface area contributed by atoms with Gasteiger partial charge in [0, 0.05) is 29.1 Å². The third-order valence-corrected chi connectivity index (χ3v) is 2.88. The van der Waals surface area contributed by atoms with Crippen molar-refractivity contribution >= 4 is 26.5 Å². The van der Waals surface area contributed by atoms with Gasteiger partial charge in [0.1, 0.15) is 24.4 Å². The molecule has 5 atom stereocenters. The molecule has 8 nitrogen and oxygen atoms in total. The van der Waals surface area contributed by atoms with Crippen molar-refractivity contribution < 1.29 is 34.7 Å². The van der Waals surface area contributed by atoms with Crippen LogP contribution in [-0.2, 0) is 9.47 Å². The third kappa shape index (κ3) is 4.26. The van der Waals surface area contributed by atoms with Crippen molar-refractivity contribution in [2.75, 3.05) is 19.8 Å². The molecular weight excluding hydrogens is 361 g/mol. The maximum atomic E-state index is 10.6. The molecular formula is C9H16INO7. The summed E-state index contributed by atoms with van der Waals surface area (Å²) < 4.78 is 9.97. The fourth-order valence-electron chi connectivity index (χ4n) is 1.53. The fourth-order valence-corrected chi connectivity index (χ4v) is 1.80. The van der Waals surface area contributed by atoms with Crippen molar-refractivity contribution in [2.24, 2.45) is 0 Å². The molecule has 0 aromatic carbocycles. The van der Waals surface area contributed by atoms with Gasteiger partial charge in [-0.25, -0.2) is 0 Å². The van der Waals surface area contributed by atoms with E-state index in [4.69, 9.17) is 14.6 Å². The van der Waals surface area contributed by atoms with Crippen LogP contribution < -0.4 is 5.32 Å². The first-order chi connectivity index (χ1) is 8.47. The normalized spacial score (nSPS) is 36.4. The first-order valence-corrected chi connectivity index (χ1v) is 6.40. The van der Waals surface area contributed by atoms with Crippen LogP contribution in [-0.4, -0.2) is 74.8 Å². The van der Waals surface area contributed by atoms with Crippen molar-refractivity contribution in [2.45, 2.75) is 30.7 Å². The molecule has 0 spiro atoms. The van der Waals surface area contributed by atoms with Gasteiger partial charge in [-0.2, -0.15) is 0 Å². The van der Waals surface area contributed by atoms with Crippen molar-refractivity contribution in [3.63, 3.8) is 0 Å². The van der Waals surface area contributed by atoms with E-state index in [9.17, 15) is 20.1 Å². The highest BCUT2D eigenvalue weighted by Gasteiger charge is 2.43. The maximum absolute atomic E-state index is 10.6. The van der Waals surface area contributed by atoms with Gasteiger partial charge in [-0.1, -0.05) is 0 Å². The Hall–Kier alpha value is -0.0400. The average Bonchev–Trinajstić information content (AvgIpc) is 2.34. The highest BCUT2D eigenvalue weighted by atomic mass is 127. The molecule has 1 aliphatic rings. The molecule has 106 valence electrons. The van der Waals surface area contributed by atoms with E-state index in [1.54, 1.807) is 22.6 Å². The minimum absolute atomic E-state index is 0.0669. The minimum Gasteiger partial charge on any atom is -0.394 e. The zero-order valence-corrected chi connectivity index (χ0v) is 11.6. The second kappa shape index (κ2) is 7.53. The third-order valence-electron chi connectivity index (χ3n) is 2.50. The molecule has 0 radical (unpaired) electrons. The molecule has 1 aliphatic heterocycles. The number of aliphatic hydroxyl groups is 4. The van der Waals surface area contributed by atoms with Gasteiger partial charge in [-0.15, -0.1) is 0 Å². The highest BCUT2D eigenvalue weighted by molar-refractivity contribution is 14.1. The van der Waals surface area contributed by atoms with Crippen molar-refractivity contribution in [1.29, 1.82) is 0 Å². The molecule has 0 saturated carbocycles. The number of ether oxygens (including phenoxy) is 2. The number of rotatable bonds is 5. The van der Waals surface area contributed by atoms with Gasteiger partial charge in [0.05, 0.1) is 13.2 Å². The van der Waals surface area contributed by atoms with E-state index in [2.05, 4.69) is 5.32 Å². The molecule has 0 bridgehead atoms. The first kappa shape index (κ1) is 16.0. The molecule has 18 heavy (non-hydrogen) atoms. The van der Waals surface area contributed by atoms with E-state index in [1.807, 2.05) is 0 Å². The zero-order chi connectivity index (χ0) is 13.7. The molecule has 1 heterocycles. The summed E-state index contributed by atoms with van der Waals surface area (Å²) in [6, 6.07) is 0. The highest BCUT2D eigenvalue weighted by Crippen LogP contribution is 2.21. The van der Waals surface area contributed by atoms with Crippen molar-refractivity contribution in [3.05, 3.63) is 0 Å². The Labute approximate surface area is 117 Å². The van der Waals surface area contributed by atoms with E-state index >= 15 is 0 Å². The predicted octanol–water partition coefficient (Wildman–Crippen LogP) is -2.05. The molecule has 0 aromatic heterocycles. The van der Waals surface area contributed by atoms with Crippen LogP contribution in [0.25, 0.3) is 0 Å². The number of halogens is 1. The van der Waals surface area contributed by atoms with Gasteiger partial charge in [-0.05, 0) is 0 Å². The molecule has 1 fully saturated rings. The Bertz CT molecular complexity index is 278. The Morgan fingerprint density at radius 3 is 2.50 bits per heavy atom. The fraction of sp³-hybridized carbons (Fsp3) is 0.889. The van der Waals surface area contributed by atoms with Gasteiger partial charge in [0.2, 0.25) is 0 Å². The number of hydrogen-bond donors (Lipinski definition) is 5. The lowest BCUT2D eigenvalue weighted by Crippen LogP contribution is -2.59. The summed E-state index contributed by atoms with van der Waals surface area (Å²) in [7, 11) is 0. The van der Waals surface area contributed by atoms with Crippen LogP contribution in [0, 0.1) is 0 Å².